The summed E-state index contributed by atoms with van der Waals surface area (Å²) in [6, 6.07) is 5.92. The Morgan fingerprint density at radius 3 is 2.67 bits per heavy atom. The summed E-state index contributed by atoms with van der Waals surface area (Å²) in [6.45, 7) is 0.610. The second-order valence-electron chi connectivity index (χ2n) is 4.23. The summed E-state index contributed by atoms with van der Waals surface area (Å²) in [5.41, 5.74) is 0.624. The molecule has 0 bridgehead atoms. The molecule has 18 heavy (non-hydrogen) atoms. The molecule has 7 heteroatoms. The molecule has 1 fully saturated rings. The molecular weight excluding hydrogens is 273 g/mol. The highest BCUT2D eigenvalue weighted by Crippen LogP contribution is 2.28. The Balaban J connectivity index is 1.93. The summed E-state index contributed by atoms with van der Waals surface area (Å²) in [6.07, 6.45) is 2.43. The SMILES string of the molecule is Clc1cccc(Cl)c1-n1nnnc1CNC1CC1. The molecule has 1 aliphatic carbocycles. The molecule has 5 nitrogen and oxygen atoms in total. The first kappa shape index (κ1) is 11.9. The highest BCUT2D eigenvalue weighted by molar-refractivity contribution is 6.37. The molecule has 0 saturated heterocycles. The maximum absolute atomic E-state index is 6.15. The number of rotatable bonds is 4. The number of nitrogens with zero attached hydrogens (tertiary/aromatic N) is 4. The van der Waals surface area contributed by atoms with Crippen molar-refractivity contribution in [2.75, 3.05) is 0 Å². The van der Waals surface area contributed by atoms with E-state index in [1.165, 1.54) is 12.8 Å². The van der Waals surface area contributed by atoms with Crippen LogP contribution in [0.3, 0.4) is 0 Å². The third-order valence-electron chi connectivity index (χ3n) is 2.81. The zero-order valence-corrected chi connectivity index (χ0v) is 11.0. The lowest BCUT2D eigenvalue weighted by atomic mass is 10.3. The number of hydrogen-bond donors (Lipinski definition) is 1. The fraction of sp³-hybridized carbons (Fsp3) is 0.364. The van der Waals surface area contributed by atoms with Crippen LogP contribution in [0.15, 0.2) is 18.2 Å². The van der Waals surface area contributed by atoms with Gasteiger partial charge in [-0.1, -0.05) is 29.3 Å². The number of aromatic nitrogens is 4. The Morgan fingerprint density at radius 1 is 1.28 bits per heavy atom. The van der Waals surface area contributed by atoms with Crippen molar-refractivity contribution in [2.24, 2.45) is 0 Å². The topological polar surface area (TPSA) is 55.6 Å². The first-order valence-electron chi connectivity index (χ1n) is 5.71. The minimum Gasteiger partial charge on any atom is -0.307 e. The van der Waals surface area contributed by atoms with Crippen molar-refractivity contribution in [3.05, 3.63) is 34.1 Å². The lowest BCUT2D eigenvalue weighted by molar-refractivity contribution is 0.638. The van der Waals surface area contributed by atoms with Gasteiger partial charge in [0, 0.05) is 6.04 Å². The standard InChI is InChI=1S/C11H11Cl2N5/c12-8-2-1-3-9(13)11(8)18-10(15-16-17-18)6-14-7-4-5-7/h1-3,7,14H,4-6H2. The van der Waals surface area contributed by atoms with Crippen molar-refractivity contribution in [3.63, 3.8) is 0 Å². The van der Waals surface area contributed by atoms with Gasteiger partial charge in [-0.05, 0) is 35.4 Å². The van der Waals surface area contributed by atoms with Crippen molar-refractivity contribution < 1.29 is 0 Å². The fourth-order valence-electron chi connectivity index (χ4n) is 1.70. The Bertz CT molecular complexity index is 544. The van der Waals surface area contributed by atoms with Gasteiger partial charge in [0.2, 0.25) is 0 Å². The van der Waals surface area contributed by atoms with E-state index in [0.29, 0.717) is 34.1 Å². The van der Waals surface area contributed by atoms with Crippen LogP contribution in [-0.4, -0.2) is 26.2 Å². The summed E-state index contributed by atoms with van der Waals surface area (Å²) >= 11 is 12.3. The molecule has 0 unspecified atom stereocenters. The van der Waals surface area contributed by atoms with Crippen molar-refractivity contribution >= 4 is 23.2 Å². The van der Waals surface area contributed by atoms with E-state index in [2.05, 4.69) is 20.8 Å². The van der Waals surface area contributed by atoms with Crippen LogP contribution in [0.1, 0.15) is 18.7 Å². The molecule has 94 valence electrons. The average molecular weight is 284 g/mol. The average Bonchev–Trinajstić information content (AvgIpc) is 3.06. The molecule has 1 aromatic carbocycles. The van der Waals surface area contributed by atoms with E-state index in [0.717, 1.165) is 0 Å². The lowest BCUT2D eigenvalue weighted by Gasteiger charge is -2.08. The summed E-state index contributed by atoms with van der Waals surface area (Å²) in [7, 11) is 0. The smallest absolute Gasteiger partial charge is 0.170 e. The van der Waals surface area contributed by atoms with E-state index in [9.17, 15) is 0 Å². The van der Waals surface area contributed by atoms with Crippen molar-refractivity contribution in [2.45, 2.75) is 25.4 Å². The van der Waals surface area contributed by atoms with Gasteiger partial charge < -0.3 is 5.32 Å². The Hall–Kier alpha value is -1.17. The number of hydrogen-bond acceptors (Lipinski definition) is 4. The molecule has 0 atom stereocenters. The quantitative estimate of drug-likeness (QED) is 0.935. The molecule has 1 N–H and O–H groups in total. The molecule has 0 aliphatic heterocycles. The number of benzene rings is 1. The summed E-state index contributed by atoms with van der Waals surface area (Å²) in [5.74, 6) is 0.705. The van der Waals surface area contributed by atoms with E-state index in [1.54, 1.807) is 22.9 Å². The number of nitrogens with one attached hydrogen (secondary N) is 1. The molecule has 2 aromatic rings. The molecule has 0 amide bonds. The first-order valence-corrected chi connectivity index (χ1v) is 6.46. The van der Waals surface area contributed by atoms with E-state index < -0.39 is 0 Å². The Labute approximate surface area is 114 Å². The van der Waals surface area contributed by atoms with Crippen LogP contribution in [0.2, 0.25) is 10.0 Å². The van der Waals surface area contributed by atoms with Crippen LogP contribution in [0.5, 0.6) is 0 Å². The minimum atomic E-state index is 0.530. The predicted molar refractivity (Wildman–Crippen MR) is 69.0 cm³/mol. The van der Waals surface area contributed by atoms with Gasteiger partial charge >= 0.3 is 0 Å². The van der Waals surface area contributed by atoms with Gasteiger partial charge in [-0.2, -0.15) is 4.68 Å². The maximum atomic E-state index is 6.15. The van der Waals surface area contributed by atoms with Crippen LogP contribution in [0.25, 0.3) is 5.69 Å². The van der Waals surface area contributed by atoms with Crippen LogP contribution >= 0.6 is 23.2 Å². The van der Waals surface area contributed by atoms with Crippen molar-refractivity contribution in [1.82, 2.24) is 25.5 Å². The second-order valence-corrected chi connectivity index (χ2v) is 5.05. The van der Waals surface area contributed by atoms with Crippen LogP contribution in [0.4, 0.5) is 0 Å². The van der Waals surface area contributed by atoms with Gasteiger partial charge in [0.1, 0.15) is 5.69 Å². The number of halogens is 2. The van der Waals surface area contributed by atoms with Gasteiger partial charge in [-0.3, -0.25) is 0 Å². The van der Waals surface area contributed by atoms with Gasteiger partial charge in [0.05, 0.1) is 16.6 Å². The van der Waals surface area contributed by atoms with E-state index >= 15 is 0 Å². The highest BCUT2D eigenvalue weighted by Gasteiger charge is 2.22. The van der Waals surface area contributed by atoms with Gasteiger partial charge in [-0.15, -0.1) is 5.10 Å². The molecule has 1 saturated carbocycles. The lowest BCUT2D eigenvalue weighted by Crippen LogP contribution is -2.19. The Kier molecular flexibility index (Phi) is 3.20. The zero-order chi connectivity index (χ0) is 12.5. The third-order valence-corrected chi connectivity index (χ3v) is 3.42. The molecule has 1 aromatic heterocycles. The van der Waals surface area contributed by atoms with Gasteiger partial charge in [0.25, 0.3) is 0 Å². The number of tetrazole rings is 1. The molecule has 1 heterocycles. The molecule has 0 radical (unpaired) electrons. The summed E-state index contributed by atoms with van der Waals surface area (Å²) in [4.78, 5) is 0. The Morgan fingerprint density at radius 2 is 2.00 bits per heavy atom. The third kappa shape index (κ3) is 2.34. The van der Waals surface area contributed by atoms with E-state index in [-0.39, 0.29) is 0 Å². The molecule has 0 spiro atoms. The number of para-hydroxylation sites is 1. The van der Waals surface area contributed by atoms with Crippen LogP contribution < -0.4 is 5.32 Å². The molecule has 1 aliphatic rings. The summed E-state index contributed by atoms with van der Waals surface area (Å²) in [5, 5.41) is 16.1. The zero-order valence-electron chi connectivity index (χ0n) is 9.48. The summed E-state index contributed by atoms with van der Waals surface area (Å²) < 4.78 is 1.58. The normalized spacial score (nSPS) is 15.0. The fourth-order valence-corrected chi connectivity index (χ4v) is 2.26. The van der Waals surface area contributed by atoms with E-state index in [4.69, 9.17) is 23.2 Å². The highest BCUT2D eigenvalue weighted by atomic mass is 35.5. The minimum absolute atomic E-state index is 0.530. The van der Waals surface area contributed by atoms with Crippen molar-refractivity contribution in [1.29, 1.82) is 0 Å². The van der Waals surface area contributed by atoms with Crippen LogP contribution in [0, 0.1) is 0 Å². The monoisotopic (exact) mass is 283 g/mol. The first-order chi connectivity index (χ1) is 8.75. The second kappa shape index (κ2) is 4.84. The largest absolute Gasteiger partial charge is 0.307 e. The molecular formula is C11H11Cl2N5. The van der Waals surface area contributed by atoms with Crippen molar-refractivity contribution in [3.8, 4) is 5.69 Å². The maximum Gasteiger partial charge on any atom is 0.170 e. The van der Waals surface area contributed by atoms with E-state index in [1.807, 2.05) is 0 Å². The molecule has 3 rings (SSSR count). The van der Waals surface area contributed by atoms with Crippen LogP contribution in [-0.2, 0) is 6.54 Å². The predicted octanol–water partition coefficient (Wildman–Crippen LogP) is 2.22. The van der Waals surface area contributed by atoms with Gasteiger partial charge in [-0.25, -0.2) is 0 Å². The van der Waals surface area contributed by atoms with Gasteiger partial charge in [0.15, 0.2) is 5.82 Å².